The van der Waals surface area contributed by atoms with Crippen molar-refractivity contribution in [2.75, 3.05) is 10.5 Å². The summed E-state index contributed by atoms with van der Waals surface area (Å²) in [5, 5.41) is 5.49. The average Bonchev–Trinajstić information content (AvgIpc) is 2.87. The molecule has 3 rings (SSSR count). The third-order valence-corrected chi connectivity index (χ3v) is 3.46. The number of H-pyrrole nitrogens is 1. The van der Waals surface area contributed by atoms with Gasteiger partial charge in [-0.1, -0.05) is 0 Å². The third-order valence-electron chi connectivity index (χ3n) is 3.05. The summed E-state index contributed by atoms with van der Waals surface area (Å²) in [4.78, 5) is 7.50. The number of fused-ring (bicyclic) bond motifs is 1. The minimum atomic E-state index is -4.74. The van der Waals surface area contributed by atoms with Crippen molar-refractivity contribution in [1.29, 1.82) is 0 Å². The van der Waals surface area contributed by atoms with Crippen LogP contribution >= 0.6 is 0 Å². The first-order valence-corrected chi connectivity index (χ1v) is 7.38. The van der Waals surface area contributed by atoms with Gasteiger partial charge in [0.05, 0.1) is 5.39 Å². The molecule has 24 heavy (non-hydrogen) atoms. The number of aromatic nitrogens is 4. The zero-order chi connectivity index (χ0) is 17.5. The lowest BCUT2D eigenvalue weighted by atomic mass is 10.2. The number of nitrogens with one attached hydrogen (secondary N) is 2. The van der Waals surface area contributed by atoms with Gasteiger partial charge in [0.1, 0.15) is 5.82 Å². The van der Waals surface area contributed by atoms with Crippen LogP contribution in [-0.2, 0) is 17.4 Å². The summed E-state index contributed by atoms with van der Waals surface area (Å²) in [6, 6.07) is 5.49. The first kappa shape index (κ1) is 16.1. The summed E-state index contributed by atoms with van der Waals surface area (Å²) < 4.78 is 62.8. The van der Waals surface area contributed by atoms with Crippen molar-refractivity contribution >= 4 is 33.8 Å². The fourth-order valence-electron chi connectivity index (χ4n) is 2.06. The van der Waals surface area contributed by atoms with Crippen molar-refractivity contribution in [3.8, 4) is 11.4 Å². The molecule has 0 fully saturated rings. The maximum Gasteiger partial charge on any atom is 0.434 e. The fraction of sp³-hybridized carbons (Fsp3) is 0.0833. The van der Waals surface area contributed by atoms with E-state index in [1.807, 2.05) is 0 Å². The van der Waals surface area contributed by atoms with Crippen molar-refractivity contribution in [2.45, 2.75) is 6.18 Å². The molecule has 1 unspecified atom stereocenters. The van der Waals surface area contributed by atoms with E-state index in [0.29, 0.717) is 0 Å². The van der Waals surface area contributed by atoms with Crippen molar-refractivity contribution < 1.29 is 21.9 Å². The normalized spacial score (nSPS) is 13.2. The van der Waals surface area contributed by atoms with E-state index in [9.17, 15) is 21.9 Å². The molecule has 2 heterocycles. The van der Waals surface area contributed by atoms with Gasteiger partial charge in [0, 0.05) is 22.5 Å². The molecule has 12 heteroatoms. The molecule has 2 aromatic heterocycles. The van der Waals surface area contributed by atoms with Crippen LogP contribution in [-0.4, -0.2) is 28.9 Å². The van der Waals surface area contributed by atoms with Crippen LogP contribution < -0.4 is 10.5 Å². The molecule has 0 aliphatic heterocycles. The smallest absolute Gasteiger partial charge is 0.434 e. The van der Waals surface area contributed by atoms with E-state index in [4.69, 9.17) is 5.73 Å². The number of hydrogen-bond donors (Lipinski definition) is 3. The third kappa shape index (κ3) is 3.00. The van der Waals surface area contributed by atoms with Crippen LogP contribution in [0.15, 0.2) is 24.3 Å². The second-order valence-corrected chi connectivity index (χ2v) is 5.32. The largest absolute Gasteiger partial charge is 0.755 e. The van der Waals surface area contributed by atoms with E-state index in [1.165, 1.54) is 24.3 Å². The predicted octanol–water partition coefficient (Wildman–Crippen LogP) is 1.83. The summed E-state index contributed by atoms with van der Waals surface area (Å²) in [7, 11) is 0. The van der Waals surface area contributed by atoms with E-state index < -0.39 is 28.5 Å². The van der Waals surface area contributed by atoms with Gasteiger partial charge in [-0.25, -0.2) is 9.97 Å². The monoisotopic (exact) mass is 357 g/mol. The highest BCUT2D eigenvalue weighted by Crippen LogP contribution is 2.36. The van der Waals surface area contributed by atoms with Crippen LogP contribution in [0.4, 0.5) is 24.7 Å². The maximum absolute atomic E-state index is 13.2. The number of nitrogens with zero attached hydrogens (tertiary/aromatic N) is 3. The van der Waals surface area contributed by atoms with Crippen LogP contribution in [0.5, 0.6) is 0 Å². The number of aromatic amines is 1. The van der Waals surface area contributed by atoms with Gasteiger partial charge in [0.2, 0.25) is 0 Å². The Labute approximate surface area is 134 Å². The molecule has 0 radical (unpaired) electrons. The maximum atomic E-state index is 13.2. The highest BCUT2D eigenvalue weighted by molar-refractivity contribution is 7.80. The number of nitrogen functional groups attached to an aromatic ring is 1. The Morgan fingerprint density at radius 2 is 1.88 bits per heavy atom. The highest BCUT2D eigenvalue weighted by atomic mass is 32.2. The predicted molar refractivity (Wildman–Crippen MR) is 79.1 cm³/mol. The molecule has 8 nitrogen and oxygen atoms in total. The topological polar surface area (TPSA) is 133 Å². The summed E-state index contributed by atoms with van der Waals surface area (Å²) in [6.45, 7) is 0. The van der Waals surface area contributed by atoms with Gasteiger partial charge in [-0.15, -0.1) is 0 Å². The number of anilines is 2. The van der Waals surface area contributed by atoms with Crippen LogP contribution in [0.25, 0.3) is 22.4 Å². The zero-order valence-electron chi connectivity index (χ0n) is 11.6. The number of rotatable bonds is 3. The quantitative estimate of drug-likeness (QED) is 0.613. The molecule has 4 N–H and O–H groups in total. The SMILES string of the molecule is Nc1[nH]nc2nc(-c3ccc(NS(=O)[O-])cc3)nc(C(F)(F)F)c12. The summed E-state index contributed by atoms with van der Waals surface area (Å²) in [5.74, 6) is -0.488. The molecule has 1 aromatic carbocycles. The molecule has 0 aliphatic rings. The van der Waals surface area contributed by atoms with Crippen molar-refractivity contribution in [3.05, 3.63) is 30.0 Å². The Morgan fingerprint density at radius 3 is 2.46 bits per heavy atom. The number of hydrogen-bond acceptors (Lipinski definition) is 6. The molecule has 0 saturated heterocycles. The van der Waals surface area contributed by atoms with Gasteiger partial charge in [-0.2, -0.15) is 18.3 Å². The number of halogens is 3. The fourth-order valence-corrected chi connectivity index (χ4v) is 2.39. The van der Waals surface area contributed by atoms with E-state index in [2.05, 4.69) is 24.9 Å². The molecule has 3 aromatic rings. The van der Waals surface area contributed by atoms with Gasteiger partial charge in [0.15, 0.2) is 17.2 Å². The summed E-state index contributed by atoms with van der Waals surface area (Å²) >= 11 is -2.51. The number of alkyl halides is 3. The van der Waals surface area contributed by atoms with E-state index in [1.54, 1.807) is 0 Å². The molecule has 0 saturated carbocycles. The first-order chi connectivity index (χ1) is 11.3. The van der Waals surface area contributed by atoms with Gasteiger partial charge in [-0.05, 0) is 24.3 Å². The van der Waals surface area contributed by atoms with Gasteiger partial charge < -0.3 is 15.0 Å². The standard InChI is InChI=1S/C12H9F3N6O2S/c13-12(14,15)8-7-9(16)19-20-11(7)18-10(17-8)5-1-3-6(4-2-5)21-24(22)23/h1-4,21H,(H,22,23)(H3,16,17,18,19,20)/p-1. The summed E-state index contributed by atoms with van der Waals surface area (Å²) in [5.41, 5.74) is 4.55. The Morgan fingerprint density at radius 1 is 1.21 bits per heavy atom. The minimum absolute atomic E-state index is 0.212. The van der Waals surface area contributed by atoms with Crippen molar-refractivity contribution in [1.82, 2.24) is 20.2 Å². The Balaban J connectivity index is 2.11. The lowest BCUT2D eigenvalue weighted by Gasteiger charge is -2.11. The molecule has 0 amide bonds. The minimum Gasteiger partial charge on any atom is -0.755 e. The molecule has 0 spiro atoms. The van der Waals surface area contributed by atoms with Crippen LogP contribution in [0, 0.1) is 0 Å². The number of benzene rings is 1. The molecule has 0 bridgehead atoms. The molecule has 126 valence electrons. The van der Waals surface area contributed by atoms with Gasteiger partial charge >= 0.3 is 6.18 Å². The summed E-state index contributed by atoms with van der Waals surface area (Å²) in [6.07, 6.45) is -4.74. The zero-order valence-corrected chi connectivity index (χ0v) is 12.4. The van der Waals surface area contributed by atoms with Gasteiger partial charge in [-0.3, -0.25) is 9.31 Å². The van der Waals surface area contributed by atoms with Crippen LogP contribution in [0.1, 0.15) is 5.69 Å². The lowest BCUT2D eigenvalue weighted by molar-refractivity contribution is -0.139. The van der Waals surface area contributed by atoms with Crippen molar-refractivity contribution in [3.63, 3.8) is 0 Å². The number of nitrogens with two attached hydrogens (primary N) is 1. The second kappa shape index (κ2) is 5.72. The molecule has 0 aliphatic carbocycles. The van der Waals surface area contributed by atoms with E-state index in [0.717, 1.165) is 0 Å². The Kier molecular flexibility index (Phi) is 3.85. The second-order valence-electron chi connectivity index (χ2n) is 4.64. The van der Waals surface area contributed by atoms with Crippen LogP contribution in [0.2, 0.25) is 0 Å². The van der Waals surface area contributed by atoms with Crippen LogP contribution in [0.3, 0.4) is 0 Å². The molecular weight excluding hydrogens is 349 g/mol. The lowest BCUT2D eigenvalue weighted by Crippen LogP contribution is -2.11. The first-order valence-electron chi connectivity index (χ1n) is 6.31. The van der Waals surface area contributed by atoms with Gasteiger partial charge in [0.25, 0.3) is 0 Å². The average molecular weight is 357 g/mol. The van der Waals surface area contributed by atoms with E-state index in [-0.39, 0.29) is 28.5 Å². The van der Waals surface area contributed by atoms with E-state index >= 15 is 0 Å². The highest BCUT2D eigenvalue weighted by Gasteiger charge is 2.37. The molecular formula is C12H8F3N6O2S-. The van der Waals surface area contributed by atoms with Crippen molar-refractivity contribution in [2.24, 2.45) is 0 Å². The Hall–Kier alpha value is -2.73. The Bertz CT molecular complexity index is 925. The molecule has 1 atom stereocenters.